The largest absolute Gasteiger partial charge is 0.312 e. The number of carbonyl (C=O) groups excluding carboxylic acids is 1. The highest BCUT2D eigenvalue weighted by atomic mass is 35.5. The molecule has 3 aromatic rings. The van der Waals surface area contributed by atoms with Crippen molar-refractivity contribution in [1.29, 1.82) is 0 Å². The van der Waals surface area contributed by atoms with Crippen molar-refractivity contribution in [2.75, 3.05) is 0 Å². The van der Waals surface area contributed by atoms with Crippen molar-refractivity contribution >= 4 is 62.0 Å². The number of aromatic nitrogens is 1. The van der Waals surface area contributed by atoms with Crippen LogP contribution < -0.4 is 4.80 Å². The normalized spacial score (nSPS) is 12.1. The predicted molar refractivity (Wildman–Crippen MR) is 104 cm³/mol. The second kappa shape index (κ2) is 6.84. The third kappa shape index (κ3) is 3.22. The van der Waals surface area contributed by atoms with E-state index in [2.05, 4.69) is 37.6 Å². The lowest BCUT2D eigenvalue weighted by atomic mass is 10.1. The smallest absolute Gasteiger partial charge is 0.282 e. The number of fused-ring (bicyclic) bond motifs is 1. The first-order valence-corrected chi connectivity index (χ1v) is 9.55. The molecule has 0 fully saturated rings. The van der Waals surface area contributed by atoms with E-state index in [0.29, 0.717) is 25.6 Å². The Hall–Kier alpha value is -1.40. The minimum atomic E-state index is -0.388. The first kappa shape index (κ1) is 17.4. The summed E-state index contributed by atoms with van der Waals surface area (Å²) < 4.78 is 3.90. The van der Waals surface area contributed by atoms with E-state index >= 15 is 0 Å². The van der Waals surface area contributed by atoms with E-state index in [4.69, 9.17) is 23.2 Å². The fourth-order valence-corrected chi connectivity index (χ4v) is 4.91. The van der Waals surface area contributed by atoms with Crippen LogP contribution in [-0.2, 0) is 6.54 Å². The van der Waals surface area contributed by atoms with Gasteiger partial charge in [-0.25, -0.2) is 0 Å². The Morgan fingerprint density at radius 2 is 1.96 bits per heavy atom. The highest BCUT2D eigenvalue weighted by Gasteiger charge is 2.15. The average molecular weight is 397 g/mol. The van der Waals surface area contributed by atoms with Crippen LogP contribution in [0.2, 0.25) is 8.67 Å². The summed E-state index contributed by atoms with van der Waals surface area (Å²) in [7, 11) is 0. The number of carbonyl (C=O) groups is 1. The van der Waals surface area contributed by atoms with Crippen LogP contribution in [0.1, 0.15) is 21.5 Å². The molecule has 0 atom stereocenters. The molecule has 24 heavy (non-hydrogen) atoms. The molecule has 0 spiro atoms. The number of allylic oxidation sites excluding steroid dienone is 1. The number of hydrogen-bond acceptors (Lipinski definition) is 3. The van der Waals surface area contributed by atoms with Gasteiger partial charge in [-0.05, 0) is 43.2 Å². The van der Waals surface area contributed by atoms with Crippen LogP contribution in [0.4, 0.5) is 0 Å². The van der Waals surface area contributed by atoms with E-state index in [1.807, 2.05) is 4.57 Å². The van der Waals surface area contributed by atoms with Gasteiger partial charge in [0, 0.05) is 6.54 Å². The fraction of sp³-hybridized carbons (Fsp3) is 0.176. The molecule has 124 valence electrons. The minimum absolute atomic E-state index is 0.335. The van der Waals surface area contributed by atoms with Crippen molar-refractivity contribution in [3.63, 3.8) is 0 Å². The fourth-order valence-electron chi connectivity index (χ4n) is 2.35. The number of nitrogens with zero attached hydrogens (tertiary/aromatic N) is 2. The Morgan fingerprint density at radius 1 is 1.25 bits per heavy atom. The van der Waals surface area contributed by atoms with E-state index in [1.54, 1.807) is 12.1 Å². The summed E-state index contributed by atoms with van der Waals surface area (Å²) in [6.07, 6.45) is 1.79. The molecular weight excluding hydrogens is 383 g/mol. The second-order valence-electron chi connectivity index (χ2n) is 5.34. The molecular formula is C17H14Cl2N2OS2. The van der Waals surface area contributed by atoms with Gasteiger partial charge in [0.2, 0.25) is 0 Å². The second-order valence-corrected chi connectivity index (χ2v) is 8.64. The Morgan fingerprint density at radius 3 is 2.58 bits per heavy atom. The summed E-state index contributed by atoms with van der Waals surface area (Å²) in [5.41, 5.74) is 3.79. The lowest BCUT2D eigenvalue weighted by Crippen LogP contribution is -2.16. The predicted octanol–water partition coefficient (Wildman–Crippen LogP) is 5.62. The maximum absolute atomic E-state index is 12.5. The van der Waals surface area contributed by atoms with Crippen molar-refractivity contribution in [3.8, 4) is 0 Å². The molecule has 3 nitrogen and oxygen atoms in total. The number of benzene rings is 1. The number of hydrogen-bond donors (Lipinski definition) is 0. The molecule has 0 bridgehead atoms. The zero-order valence-corrected chi connectivity index (χ0v) is 16.2. The average Bonchev–Trinajstić information content (AvgIpc) is 3.01. The molecule has 0 N–H and O–H groups in total. The van der Waals surface area contributed by atoms with Crippen molar-refractivity contribution in [2.24, 2.45) is 4.99 Å². The topological polar surface area (TPSA) is 34.4 Å². The number of thiophene rings is 1. The number of rotatable bonds is 3. The Balaban J connectivity index is 2.20. The molecule has 2 heterocycles. The van der Waals surface area contributed by atoms with Crippen LogP contribution in [-0.4, -0.2) is 10.5 Å². The van der Waals surface area contributed by atoms with Crippen molar-refractivity contribution in [2.45, 2.75) is 20.4 Å². The van der Waals surface area contributed by atoms with Crippen molar-refractivity contribution < 1.29 is 4.79 Å². The Bertz CT molecular complexity index is 1030. The van der Waals surface area contributed by atoms with Crippen LogP contribution in [0.25, 0.3) is 10.2 Å². The molecule has 0 saturated carbocycles. The van der Waals surface area contributed by atoms with E-state index in [1.165, 1.54) is 22.5 Å². The van der Waals surface area contributed by atoms with Gasteiger partial charge in [0.25, 0.3) is 5.91 Å². The monoisotopic (exact) mass is 396 g/mol. The summed E-state index contributed by atoms with van der Waals surface area (Å²) in [5.74, 6) is -0.388. The van der Waals surface area contributed by atoms with Crippen LogP contribution in [0, 0.1) is 13.8 Å². The zero-order valence-electron chi connectivity index (χ0n) is 13.1. The van der Waals surface area contributed by atoms with Gasteiger partial charge in [0.1, 0.15) is 4.34 Å². The summed E-state index contributed by atoms with van der Waals surface area (Å²) in [6, 6.07) is 5.79. The van der Waals surface area contributed by atoms with Gasteiger partial charge >= 0.3 is 0 Å². The van der Waals surface area contributed by atoms with Crippen LogP contribution in [0.3, 0.4) is 0 Å². The lowest BCUT2D eigenvalue weighted by Gasteiger charge is -2.03. The first-order chi connectivity index (χ1) is 11.4. The third-order valence-corrected chi connectivity index (χ3v) is 6.22. The highest BCUT2D eigenvalue weighted by molar-refractivity contribution is 7.20. The maximum Gasteiger partial charge on any atom is 0.282 e. The van der Waals surface area contributed by atoms with E-state index in [0.717, 1.165) is 21.6 Å². The Labute approximate surface area is 157 Å². The molecule has 0 radical (unpaired) electrons. The van der Waals surface area contributed by atoms with Gasteiger partial charge in [0.15, 0.2) is 4.80 Å². The van der Waals surface area contributed by atoms with Crippen LogP contribution in [0.5, 0.6) is 0 Å². The molecule has 1 aromatic carbocycles. The molecule has 0 aliphatic rings. The maximum atomic E-state index is 12.5. The number of thiazole rings is 1. The Kier molecular flexibility index (Phi) is 4.97. The summed E-state index contributed by atoms with van der Waals surface area (Å²) >= 11 is 14.6. The molecule has 7 heteroatoms. The van der Waals surface area contributed by atoms with Gasteiger partial charge in [-0.3, -0.25) is 4.79 Å². The molecule has 2 aromatic heterocycles. The van der Waals surface area contributed by atoms with E-state index < -0.39 is 0 Å². The van der Waals surface area contributed by atoms with Gasteiger partial charge < -0.3 is 4.57 Å². The van der Waals surface area contributed by atoms with Crippen LogP contribution >= 0.6 is 45.9 Å². The van der Waals surface area contributed by atoms with Crippen molar-refractivity contribution in [3.05, 3.63) is 61.0 Å². The lowest BCUT2D eigenvalue weighted by molar-refractivity contribution is 0.0998. The molecule has 1 amide bonds. The SMILES string of the molecule is C=CCn1c(=NC(=O)c2cc(Cl)sc2Cl)sc2cc(C)c(C)cc21. The van der Waals surface area contributed by atoms with E-state index in [9.17, 15) is 4.79 Å². The highest BCUT2D eigenvalue weighted by Crippen LogP contribution is 2.31. The first-order valence-electron chi connectivity index (χ1n) is 7.16. The third-order valence-electron chi connectivity index (χ3n) is 3.69. The summed E-state index contributed by atoms with van der Waals surface area (Å²) in [6.45, 7) is 8.51. The molecule has 3 rings (SSSR count). The summed E-state index contributed by atoms with van der Waals surface area (Å²) in [5, 5.41) is 0. The number of aryl methyl sites for hydroxylation is 2. The summed E-state index contributed by atoms with van der Waals surface area (Å²) in [4.78, 5) is 17.4. The zero-order chi connectivity index (χ0) is 17.4. The number of halogens is 2. The molecule has 0 unspecified atom stereocenters. The van der Waals surface area contributed by atoms with Gasteiger partial charge in [-0.15, -0.1) is 17.9 Å². The van der Waals surface area contributed by atoms with Gasteiger partial charge in [0.05, 0.1) is 20.1 Å². The van der Waals surface area contributed by atoms with Gasteiger partial charge in [-0.2, -0.15) is 4.99 Å². The molecule has 0 aliphatic carbocycles. The number of amides is 1. The standard InChI is InChI=1S/C17H14Cl2N2OS2/c1-4-5-21-12-6-9(2)10(3)7-13(12)23-17(21)20-16(22)11-8-14(18)24-15(11)19/h4,6-8H,1,5H2,2-3H3. The van der Waals surface area contributed by atoms with Gasteiger partial charge in [-0.1, -0.05) is 40.6 Å². The van der Waals surface area contributed by atoms with E-state index in [-0.39, 0.29) is 5.91 Å². The molecule has 0 saturated heterocycles. The van der Waals surface area contributed by atoms with Crippen LogP contribution in [0.15, 0.2) is 35.8 Å². The minimum Gasteiger partial charge on any atom is -0.312 e. The molecule has 0 aliphatic heterocycles. The van der Waals surface area contributed by atoms with Crippen molar-refractivity contribution in [1.82, 2.24) is 4.57 Å². The quantitative estimate of drug-likeness (QED) is 0.529.